The molecule has 0 aromatic heterocycles. The van der Waals surface area contributed by atoms with Gasteiger partial charge in [-0.05, 0) is 60.5 Å². The van der Waals surface area contributed by atoms with Crippen molar-refractivity contribution in [3.05, 3.63) is 88.9 Å². The third-order valence-corrected chi connectivity index (χ3v) is 5.45. The van der Waals surface area contributed by atoms with Crippen LogP contribution < -0.4 is 20.1 Å². The summed E-state index contributed by atoms with van der Waals surface area (Å²) in [6, 6.07) is 23.0. The van der Waals surface area contributed by atoms with Crippen molar-refractivity contribution in [1.82, 2.24) is 0 Å². The van der Waals surface area contributed by atoms with Crippen LogP contribution in [0.4, 0.5) is 5.69 Å². The molecule has 0 fully saturated rings. The average Bonchev–Trinajstić information content (AvgIpc) is 2.78. The quantitative estimate of drug-likeness (QED) is 0.560. The summed E-state index contributed by atoms with van der Waals surface area (Å²) >= 11 is 6.00. The third kappa shape index (κ3) is 5.19. The predicted octanol–water partition coefficient (Wildman–Crippen LogP) is 4.60. The molecule has 0 bridgehead atoms. The molecule has 3 aromatic carbocycles. The van der Waals surface area contributed by atoms with Gasteiger partial charge in [-0.15, -0.1) is 0 Å². The number of fused-ring (bicyclic) bond motifs is 1. The number of carbonyl (C=O) groups excluding carboxylic acids is 1. The van der Waals surface area contributed by atoms with Gasteiger partial charge in [0.15, 0.2) is 6.10 Å². The monoisotopic (exact) mass is 436 g/mol. The van der Waals surface area contributed by atoms with E-state index >= 15 is 0 Å². The lowest BCUT2D eigenvalue weighted by atomic mass is 10.1. The van der Waals surface area contributed by atoms with Gasteiger partial charge in [-0.25, -0.2) is 0 Å². The Bertz CT molecular complexity index is 1040. The number of nitrogens with two attached hydrogens (primary N) is 1. The first kappa shape index (κ1) is 21.2. The Kier molecular flexibility index (Phi) is 6.75. The molecule has 1 amide bonds. The zero-order chi connectivity index (χ0) is 21.6. The molecule has 1 aliphatic heterocycles. The summed E-state index contributed by atoms with van der Waals surface area (Å²) < 4.78 is 11.9. The van der Waals surface area contributed by atoms with Crippen LogP contribution in [0, 0.1) is 0 Å². The van der Waals surface area contributed by atoms with Crippen molar-refractivity contribution in [2.75, 3.05) is 18.1 Å². The van der Waals surface area contributed by atoms with E-state index in [2.05, 4.69) is 0 Å². The first-order valence-electron chi connectivity index (χ1n) is 10.4. The van der Waals surface area contributed by atoms with E-state index in [-0.39, 0.29) is 5.91 Å². The molecule has 1 atom stereocenters. The summed E-state index contributed by atoms with van der Waals surface area (Å²) in [5, 5.41) is 0.669. The van der Waals surface area contributed by atoms with Gasteiger partial charge in [0.25, 0.3) is 5.91 Å². The van der Waals surface area contributed by atoms with Crippen molar-refractivity contribution in [3.8, 4) is 11.5 Å². The smallest absolute Gasteiger partial charge is 0.268 e. The number of anilines is 1. The van der Waals surface area contributed by atoms with Crippen LogP contribution in [-0.4, -0.2) is 25.2 Å². The first-order chi connectivity index (χ1) is 15.1. The molecule has 4 rings (SSSR count). The minimum absolute atomic E-state index is 0.0749. The summed E-state index contributed by atoms with van der Waals surface area (Å²) in [7, 11) is 0. The highest BCUT2D eigenvalue weighted by Gasteiger charge is 2.34. The zero-order valence-electron chi connectivity index (χ0n) is 17.2. The summed E-state index contributed by atoms with van der Waals surface area (Å²) in [5.41, 5.74) is 8.54. The highest BCUT2D eigenvalue weighted by atomic mass is 35.5. The molecule has 160 valence electrons. The van der Waals surface area contributed by atoms with Gasteiger partial charge in [-0.1, -0.05) is 48.0 Å². The van der Waals surface area contributed by atoms with E-state index in [1.54, 1.807) is 4.90 Å². The lowest BCUT2D eigenvalue weighted by Gasteiger charge is -2.34. The van der Waals surface area contributed by atoms with Gasteiger partial charge in [0.05, 0.1) is 18.8 Å². The Balaban J connectivity index is 1.45. The van der Waals surface area contributed by atoms with Crippen molar-refractivity contribution in [1.29, 1.82) is 0 Å². The van der Waals surface area contributed by atoms with E-state index < -0.39 is 6.10 Å². The Morgan fingerprint density at radius 3 is 2.61 bits per heavy atom. The van der Waals surface area contributed by atoms with Gasteiger partial charge >= 0.3 is 0 Å². The van der Waals surface area contributed by atoms with Crippen LogP contribution in [0.5, 0.6) is 11.5 Å². The predicted molar refractivity (Wildman–Crippen MR) is 123 cm³/mol. The molecule has 1 aliphatic rings. The first-order valence-corrected chi connectivity index (χ1v) is 10.7. The van der Waals surface area contributed by atoms with Crippen molar-refractivity contribution in [2.24, 2.45) is 5.73 Å². The van der Waals surface area contributed by atoms with Crippen molar-refractivity contribution >= 4 is 23.2 Å². The van der Waals surface area contributed by atoms with Crippen molar-refractivity contribution in [2.45, 2.75) is 25.5 Å². The number of benzene rings is 3. The minimum atomic E-state index is -0.602. The van der Waals surface area contributed by atoms with Gasteiger partial charge in [0.1, 0.15) is 11.5 Å². The maximum atomic E-state index is 13.2. The molecular weight excluding hydrogens is 412 g/mol. The lowest BCUT2D eigenvalue weighted by molar-refractivity contribution is -0.127. The van der Waals surface area contributed by atoms with Gasteiger partial charge in [-0.3, -0.25) is 4.79 Å². The fourth-order valence-corrected chi connectivity index (χ4v) is 3.76. The topological polar surface area (TPSA) is 64.8 Å². The second-order valence-corrected chi connectivity index (χ2v) is 7.88. The SMILES string of the molecule is NCCc1cccc(OCCC2Oc3ccccc3N(Cc3ccc(Cl)cc3)C2=O)c1. The van der Waals surface area contributed by atoms with Gasteiger partial charge in [-0.2, -0.15) is 0 Å². The summed E-state index contributed by atoms with van der Waals surface area (Å²) in [5.74, 6) is 1.40. The zero-order valence-corrected chi connectivity index (χ0v) is 17.9. The standard InChI is InChI=1S/C25H25ClN2O3/c26-20-10-8-19(9-11-20)17-28-22-6-1-2-7-23(22)31-24(25(28)29)13-15-30-21-5-3-4-18(16-21)12-14-27/h1-11,16,24H,12-15,17,27H2. The number of hydrogen-bond donors (Lipinski definition) is 1. The van der Waals surface area contributed by atoms with Crippen molar-refractivity contribution in [3.63, 3.8) is 0 Å². The number of hydrogen-bond acceptors (Lipinski definition) is 4. The fourth-order valence-electron chi connectivity index (χ4n) is 3.64. The van der Waals surface area contributed by atoms with E-state index in [1.807, 2.05) is 72.8 Å². The molecule has 6 heteroatoms. The largest absolute Gasteiger partial charge is 0.493 e. The van der Waals surface area contributed by atoms with E-state index in [9.17, 15) is 4.79 Å². The summed E-state index contributed by atoms with van der Waals surface area (Å²) in [6.45, 7) is 1.42. The van der Waals surface area contributed by atoms with Crippen molar-refractivity contribution < 1.29 is 14.3 Å². The molecule has 5 nitrogen and oxygen atoms in total. The molecule has 1 unspecified atom stereocenters. The molecule has 2 N–H and O–H groups in total. The lowest BCUT2D eigenvalue weighted by Crippen LogP contribution is -2.46. The second kappa shape index (κ2) is 9.86. The van der Waals surface area contributed by atoms with E-state index in [1.165, 1.54) is 0 Å². The molecular formula is C25H25ClN2O3. The third-order valence-electron chi connectivity index (χ3n) is 5.20. The van der Waals surface area contributed by atoms with Gasteiger partial charge in [0.2, 0.25) is 0 Å². The highest BCUT2D eigenvalue weighted by molar-refractivity contribution is 6.30. The Morgan fingerprint density at radius 1 is 1.00 bits per heavy atom. The summed E-state index contributed by atoms with van der Waals surface area (Å²) in [4.78, 5) is 15.0. The van der Waals surface area contributed by atoms with Crippen LogP contribution in [0.1, 0.15) is 17.5 Å². The summed E-state index contributed by atoms with van der Waals surface area (Å²) in [6.07, 6.45) is 0.651. The van der Waals surface area contributed by atoms with E-state index in [0.717, 1.165) is 29.0 Å². The molecule has 0 radical (unpaired) electrons. The number of nitrogens with zero attached hydrogens (tertiary/aromatic N) is 1. The van der Waals surface area contributed by atoms with Crippen LogP contribution in [0.15, 0.2) is 72.8 Å². The Morgan fingerprint density at radius 2 is 1.81 bits per heavy atom. The molecule has 1 heterocycles. The molecule has 0 saturated carbocycles. The minimum Gasteiger partial charge on any atom is -0.493 e. The number of halogens is 1. The average molecular weight is 437 g/mol. The molecule has 0 spiro atoms. The van der Waals surface area contributed by atoms with Gasteiger partial charge < -0.3 is 20.1 Å². The van der Waals surface area contributed by atoms with Crippen LogP contribution in [0.25, 0.3) is 0 Å². The number of para-hydroxylation sites is 2. The van der Waals surface area contributed by atoms with Gasteiger partial charge in [0, 0.05) is 11.4 Å². The maximum absolute atomic E-state index is 13.2. The van der Waals surface area contributed by atoms with Crippen LogP contribution in [0.2, 0.25) is 5.02 Å². The Labute approximate surface area is 187 Å². The van der Waals surface area contributed by atoms with E-state index in [0.29, 0.717) is 36.9 Å². The number of carbonyl (C=O) groups is 1. The van der Waals surface area contributed by atoms with E-state index in [4.69, 9.17) is 26.8 Å². The normalized spacial score (nSPS) is 15.4. The number of rotatable bonds is 8. The number of amides is 1. The number of ether oxygens (including phenoxy) is 2. The fraction of sp³-hybridized carbons (Fsp3) is 0.240. The second-order valence-electron chi connectivity index (χ2n) is 7.45. The maximum Gasteiger partial charge on any atom is 0.268 e. The molecule has 3 aromatic rings. The van der Waals surface area contributed by atoms with Crippen LogP contribution in [0.3, 0.4) is 0 Å². The molecule has 31 heavy (non-hydrogen) atoms. The van der Waals surface area contributed by atoms with Crippen LogP contribution in [-0.2, 0) is 17.8 Å². The Hall–Kier alpha value is -3.02. The molecule has 0 saturated heterocycles. The molecule has 0 aliphatic carbocycles. The highest BCUT2D eigenvalue weighted by Crippen LogP contribution is 2.35. The van der Waals surface area contributed by atoms with Crippen LogP contribution >= 0.6 is 11.6 Å².